The van der Waals surface area contributed by atoms with Crippen LogP contribution in [0.2, 0.25) is 0 Å². The van der Waals surface area contributed by atoms with Gasteiger partial charge < -0.3 is 14.0 Å². The highest BCUT2D eigenvalue weighted by Gasteiger charge is 2.36. The first-order chi connectivity index (χ1) is 14.7. The maximum atomic E-state index is 12.6. The van der Waals surface area contributed by atoms with Crippen LogP contribution in [0.3, 0.4) is 0 Å². The molecule has 0 radical (unpaired) electrons. The molecule has 1 aliphatic rings. The van der Waals surface area contributed by atoms with E-state index < -0.39 is 29.6 Å². The van der Waals surface area contributed by atoms with Crippen molar-refractivity contribution < 1.29 is 28.7 Å². The topological polar surface area (TPSA) is 94.9 Å². The molecule has 0 atom stereocenters. The van der Waals surface area contributed by atoms with Crippen LogP contribution in [-0.4, -0.2) is 53.3 Å². The van der Waals surface area contributed by atoms with Gasteiger partial charge in [-0.05, 0) is 67.9 Å². The molecule has 1 fully saturated rings. The molecule has 0 saturated carbocycles. The molecule has 9 heteroatoms. The Balaban J connectivity index is 2.00. The lowest BCUT2D eigenvalue weighted by Gasteiger charge is -2.14. The molecular weight excluding hydrogens is 420 g/mol. The quantitative estimate of drug-likeness (QED) is 0.517. The lowest BCUT2D eigenvalue weighted by molar-refractivity contribution is -0.143. The number of thioether (sulfide) groups is 1. The van der Waals surface area contributed by atoms with Crippen molar-refractivity contribution in [2.45, 2.75) is 20.8 Å². The third-order valence-corrected chi connectivity index (χ3v) is 5.92. The number of imide groups is 1. The number of benzene rings is 1. The number of hydrogen-bond acceptors (Lipinski definition) is 7. The Hall–Kier alpha value is -3.33. The first-order valence-corrected chi connectivity index (χ1v) is 10.2. The van der Waals surface area contributed by atoms with Crippen LogP contribution in [0.5, 0.6) is 0 Å². The summed E-state index contributed by atoms with van der Waals surface area (Å²) < 4.78 is 11.3. The second kappa shape index (κ2) is 8.81. The Bertz CT molecular complexity index is 1130. The molecule has 162 valence electrons. The van der Waals surface area contributed by atoms with E-state index in [9.17, 15) is 19.2 Å². The number of aryl methyl sites for hydroxylation is 2. The van der Waals surface area contributed by atoms with Crippen LogP contribution in [0.15, 0.2) is 29.2 Å². The van der Waals surface area contributed by atoms with Crippen LogP contribution in [0.4, 0.5) is 4.79 Å². The normalized spacial score (nSPS) is 15.0. The Labute approximate surface area is 183 Å². The molecule has 1 aromatic heterocycles. The van der Waals surface area contributed by atoms with E-state index in [1.165, 1.54) is 14.2 Å². The van der Waals surface area contributed by atoms with Crippen LogP contribution in [0.25, 0.3) is 11.8 Å². The van der Waals surface area contributed by atoms with Crippen molar-refractivity contribution in [1.29, 1.82) is 0 Å². The summed E-state index contributed by atoms with van der Waals surface area (Å²) in [4.78, 5) is 49.3. The summed E-state index contributed by atoms with van der Waals surface area (Å²) in [5.41, 5.74) is 4.69. The third-order valence-electron chi connectivity index (χ3n) is 5.02. The first-order valence-electron chi connectivity index (χ1n) is 9.38. The number of carbonyl (C=O) groups excluding carboxylic acids is 4. The molecule has 0 spiro atoms. The third kappa shape index (κ3) is 4.27. The van der Waals surface area contributed by atoms with E-state index in [1.807, 2.05) is 37.5 Å². The van der Waals surface area contributed by atoms with Crippen molar-refractivity contribution in [3.05, 3.63) is 57.2 Å². The monoisotopic (exact) mass is 442 g/mol. The van der Waals surface area contributed by atoms with Crippen molar-refractivity contribution in [1.82, 2.24) is 9.47 Å². The predicted octanol–water partition coefficient (Wildman–Crippen LogP) is 3.40. The predicted molar refractivity (Wildman–Crippen MR) is 116 cm³/mol. The average molecular weight is 442 g/mol. The van der Waals surface area contributed by atoms with E-state index in [1.54, 1.807) is 18.2 Å². The van der Waals surface area contributed by atoms with Crippen LogP contribution >= 0.6 is 11.8 Å². The number of carbonyl (C=O) groups is 4. The SMILES string of the molecule is COC(=O)CN1C(=O)S/C(=C\c2cc(C)n(-c3cc(C(=O)OC)ccc3C)c2C)C1=O. The van der Waals surface area contributed by atoms with Crippen LogP contribution < -0.4 is 0 Å². The summed E-state index contributed by atoms with van der Waals surface area (Å²) in [6.45, 7) is 5.32. The molecular formula is C22H22N2O6S. The highest BCUT2D eigenvalue weighted by atomic mass is 32.2. The maximum absolute atomic E-state index is 12.6. The van der Waals surface area contributed by atoms with Gasteiger partial charge in [-0.15, -0.1) is 0 Å². The summed E-state index contributed by atoms with van der Waals surface area (Å²) in [6, 6.07) is 7.21. The summed E-state index contributed by atoms with van der Waals surface area (Å²) in [5, 5.41) is -0.517. The molecule has 8 nitrogen and oxygen atoms in total. The molecule has 0 N–H and O–H groups in total. The molecule has 2 aromatic rings. The van der Waals surface area contributed by atoms with Gasteiger partial charge in [0, 0.05) is 17.1 Å². The van der Waals surface area contributed by atoms with Crippen molar-refractivity contribution >= 4 is 40.9 Å². The zero-order valence-electron chi connectivity index (χ0n) is 17.8. The molecule has 31 heavy (non-hydrogen) atoms. The van der Waals surface area contributed by atoms with Crippen molar-refractivity contribution in [3.63, 3.8) is 0 Å². The number of esters is 2. The molecule has 0 bridgehead atoms. The summed E-state index contributed by atoms with van der Waals surface area (Å²) in [6.07, 6.45) is 1.64. The van der Waals surface area contributed by atoms with E-state index in [2.05, 4.69) is 4.74 Å². The Morgan fingerprint density at radius 1 is 1.06 bits per heavy atom. The van der Waals surface area contributed by atoms with Crippen molar-refractivity contribution in [3.8, 4) is 5.69 Å². The summed E-state index contributed by atoms with van der Waals surface area (Å²) in [5.74, 6) is -1.63. The molecule has 1 saturated heterocycles. The number of nitrogens with zero attached hydrogens (tertiary/aromatic N) is 2. The van der Waals surface area contributed by atoms with Gasteiger partial charge in [0.2, 0.25) is 0 Å². The molecule has 2 heterocycles. The fourth-order valence-corrected chi connectivity index (χ4v) is 4.20. The maximum Gasteiger partial charge on any atom is 0.337 e. The van der Waals surface area contributed by atoms with E-state index >= 15 is 0 Å². The molecule has 1 aromatic carbocycles. The van der Waals surface area contributed by atoms with Crippen molar-refractivity contribution in [2.24, 2.45) is 0 Å². The molecule has 3 rings (SSSR count). The Morgan fingerprint density at radius 2 is 1.77 bits per heavy atom. The number of ether oxygens (including phenoxy) is 2. The van der Waals surface area contributed by atoms with E-state index in [0.717, 1.165) is 44.9 Å². The van der Waals surface area contributed by atoms with Gasteiger partial charge in [0.1, 0.15) is 6.54 Å². The minimum atomic E-state index is -0.664. The fourth-order valence-electron chi connectivity index (χ4n) is 3.37. The lowest BCUT2D eigenvalue weighted by Crippen LogP contribution is -2.34. The lowest BCUT2D eigenvalue weighted by atomic mass is 10.1. The molecule has 2 amide bonds. The van der Waals surface area contributed by atoms with Crippen LogP contribution in [0.1, 0.15) is 32.9 Å². The molecule has 0 unspecified atom stereocenters. The smallest absolute Gasteiger partial charge is 0.337 e. The van der Waals surface area contributed by atoms with Gasteiger partial charge in [0.25, 0.3) is 11.1 Å². The van der Waals surface area contributed by atoms with Crippen LogP contribution in [0, 0.1) is 20.8 Å². The second-order valence-corrected chi connectivity index (χ2v) is 7.99. The minimum absolute atomic E-state index is 0.231. The Kier molecular flexibility index (Phi) is 6.35. The first kappa shape index (κ1) is 22.4. The van der Waals surface area contributed by atoms with E-state index in [-0.39, 0.29) is 4.91 Å². The number of methoxy groups -OCH3 is 2. The van der Waals surface area contributed by atoms with Crippen LogP contribution in [-0.2, 0) is 19.1 Å². The van der Waals surface area contributed by atoms with Gasteiger partial charge in [-0.3, -0.25) is 19.3 Å². The molecule has 1 aliphatic heterocycles. The van der Waals surface area contributed by atoms with E-state index in [0.29, 0.717) is 5.56 Å². The minimum Gasteiger partial charge on any atom is -0.468 e. The zero-order chi connectivity index (χ0) is 22.9. The van der Waals surface area contributed by atoms with Gasteiger partial charge in [0.05, 0.1) is 24.7 Å². The Morgan fingerprint density at radius 3 is 2.42 bits per heavy atom. The number of hydrogen-bond donors (Lipinski definition) is 0. The van der Waals surface area contributed by atoms with Crippen molar-refractivity contribution in [2.75, 3.05) is 20.8 Å². The van der Waals surface area contributed by atoms with Gasteiger partial charge in [-0.1, -0.05) is 6.07 Å². The second-order valence-electron chi connectivity index (χ2n) is 7.00. The fraction of sp³-hybridized carbons (Fsp3) is 0.273. The highest BCUT2D eigenvalue weighted by molar-refractivity contribution is 8.18. The number of rotatable bonds is 5. The number of amides is 2. The standard InChI is InChI=1S/C22H22N2O6S/c1-12-6-7-15(21(27)30-5)9-17(12)24-13(2)8-16(14(24)3)10-18-20(26)23(22(28)31-18)11-19(25)29-4/h6-10H,11H2,1-5H3/b18-10-. The highest BCUT2D eigenvalue weighted by Crippen LogP contribution is 2.34. The largest absolute Gasteiger partial charge is 0.468 e. The zero-order valence-corrected chi connectivity index (χ0v) is 18.7. The number of aromatic nitrogens is 1. The molecule has 0 aliphatic carbocycles. The summed E-state index contributed by atoms with van der Waals surface area (Å²) >= 11 is 0.782. The van der Waals surface area contributed by atoms with Gasteiger partial charge in [-0.2, -0.15) is 0 Å². The summed E-state index contributed by atoms with van der Waals surface area (Å²) in [7, 11) is 2.53. The van der Waals surface area contributed by atoms with Gasteiger partial charge in [-0.25, -0.2) is 4.79 Å². The van der Waals surface area contributed by atoms with Gasteiger partial charge >= 0.3 is 11.9 Å². The van der Waals surface area contributed by atoms with E-state index in [4.69, 9.17) is 4.74 Å². The average Bonchev–Trinajstić information content (AvgIpc) is 3.17. The van der Waals surface area contributed by atoms with Gasteiger partial charge in [0.15, 0.2) is 0 Å².